The lowest BCUT2D eigenvalue weighted by atomic mass is 10.1. The third-order valence-corrected chi connectivity index (χ3v) is 4.69. The van der Waals surface area contributed by atoms with Gasteiger partial charge in [-0.1, -0.05) is 34.3 Å². The van der Waals surface area contributed by atoms with Gasteiger partial charge < -0.3 is 24.4 Å². The Morgan fingerprint density at radius 1 is 0.914 bits per heavy atom. The molecule has 11 nitrogen and oxygen atoms in total. The van der Waals surface area contributed by atoms with Gasteiger partial charge in [0.1, 0.15) is 19.8 Å². The van der Waals surface area contributed by atoms with Crippen molar-refractivity contribution in [3.63, 3.8) is 0 Å². The summed E-state index contributed by atoms with van der Waals surface area (Å²) in [6.45, 7) is 11.7. The van der Waals surface area contributed by atoms with Gasteiger partial charge >= 0.3 is 18.0 Å². The lowest BCUT2D eigenvalue weighted by Crippen LogP contribution is -2.36. The van der Waals surface area contributed by atoms with Gasteiger partial charge in [0.2, 0.25) is 5.91 Å². The Kier molecular flexibility index (Phi) is 21.3. The monoisotopic (exact) mass is 494 g/mol. The van der Waals surface area contributed by atoms with E-state index in [0.717, 1.165) is 12.5 Å². The van der Waals surface area contributed by atoms with Crippen LogP contribution in [0.3, 0.4) is 0 Å². The molecule has 0 aromatic heterocycles. The number of alkyl carbamates (subject to hydrolysis) is 1. The van der Waals surface area contributed by atoms with Crippen LogP contribution in [0.4, 0.5) is 4.79 Å². The van der Waals surface area contributed by atoms with E-state index in [1.54, 1.807) is 11.8 Å². The molecule has 0 rings (SSSR count). The number of nitriles is 2. The van der Waals surface area contributed by atoms with E-state index in [-0.39, 0.29) is 50.1 Å². The van der Waals surface area contributed by atoms with Crippen molar-refractivity contribution in [3.05, 3.63) is 12.7 Å². The van der Waals surface area contributed by atoms with E-state index >= 15 is 0 Å². The van der Waals surface area contributed by atoms with Gasteiger partial charge in [0, 0.05) is 25.1 Å². The summed E-state index contributed by atoms with van der Waals surface area (Å²) in [4.78, 5) is 46.5. The Balaban J connectivity index is 0. The minimum absolute atomic E-state index is 0.0159. The topological polar surface area (TPSA) is 159 Å². The maximum Gasteiger partial charge on any atom is 0.407 e. The molecule has 0 heterocycles. The third-order valence-electron chi connectivity index (χ3n) is 4.69. The summed E-state index contributed by atoms with van der Waals surface area (Å²) in [6, 6.07) is 4.02. The fourth-order valence-corrected chi connectivity index (χ4v) is 2.19. The van der Waals surface area contributed by atoms with E-state index in [1.165, 1.54) is 0 Å². The second-order valence-corrected chi connectivity index (χ2v) is 7.36. The molecular weight excluding hydrogens is 456 g/mol. The van der Waals surface area contributed by atoms with Crippen LogP contribution in [0, 0.1) is 34.5 Å². The molecule has 0 saturated carbocycles. The third kappa shape index (κ3) is 18.5. The van der Waals surface area contributed by atoms with Gasteiger partial charge in [-0.05, 0) is 12.8 Å². The van der Waals surface area contributed by atoms with E-state index in [4.69, 9.17) is 20.0 Å². The molecule has 0 aromatic rings. The van der Waals surface area contributed by atoms with Crippen LogP contribution in [-0.4, -0.2) is 68.3 Å². The summed E-state index contributed by atoms with van der Waals surface area (Å²) >= 11 is 0. The first-order valence-corrected chi connectivity index (χ1v) is 11.6. The fraction of sp³-hybridized carbons (Fsp3) is 0.667. The molecule has 0 spiro atoms. The molecule has 196 valence electrons. The van der Waals surface area contributed by atoms with E-state index < -0.39 is 12.1 Å². The number of ether oxygens (including phenoxy) is 3. The van der Waals surface area contributed by atoms with Crippen molar-refractivity contribution in [3.8, 4) is 12.1 Å². The number of carbonyl (C=O) groups is 4. The predicted molar refractivity (Wildman–Crippen MR) is 127 cm³/mol. The number of amides is 2. The molecule has 2 amide bonds. The maximum atomic E-state index is 11.8. The van der Waals surface area contributed by atoms with E-state index in [9.17, 15) is 19.2 Å². The average molecular weight is 495 g/mol. The number of carbonyl (C=O) groups excluding carboxylic acids is 4. The molecule has 0 fully saturated rings. The number of nitrogens with zero attached hydrogens (tertiary/aromatic N) is 3. The second-order valence-electron chi connectivity index (χ2n) is 7.36. The van der Waals surface area contributed by atoms with Gasteiger partial charge in [-0.15, -0.1) is 0 Å². The first kappa shape index (κ1) is 33.6. The molecule has 0 aromatic carbocycles. The molecule has 35 heavy (non-hydrogen) atoms. The molecule has 1 N–H and O–H groups in total. The first-order chi connectivity index (χ1) is 16.7. The number of hydrogen-bond donors (Lipinski definition) is 1. The quantitative estimate of drug-likeness (QED) is 0.156. The van der Waals surface area contributed by atoms with Crippen molar-refractivity contribution in [2.45, 2.75) is 53.4 Å². The number of nitrogens with one attached hydrogen (secondary N) is 1. The van der Waals surface area contributed by atoms with Crippen LogP contribution < -0.4 is 5.32 Å². The number of rotatable bonds is 15. The zero-order chi connectivity index (χ0) is 27.1. The molecule has 0 aliphatic heterocycles. The van der Waals surface area contributed by atoms with Crippen LogP contribution >= 0.6 is 0 Å². The largest absolute Gasteiger partial charge is 0.462 e. The lowest BCUT2D eigenvalue weighted by molar-refractivity contribution is -0.149. The summed E-state index contributed by atoms with van der Waals surface area (Å²) in [7, 11) is 0. The van der Waals surface area contributed by atoms with Gasteiger partial charge in [-0.3, -0.25) is 9.59 Å². The Bertz CT molecular complexity index is 725. The van der Waals surface area contributed by atoms with Crippen molar-refractivity contribution >= 4 is 23.9 Å². The first-order valence-electron chi connectivity index (χ1n) is 11.6. The fourth-order valence-electron chi connectivity index (χ4n) is 2.19. The zero-order valence-corrected chi connectivity index (χ0v) is 21.2. The highest BCUT2D eigenvalue weighted by molar-refractivity contribution is 5.81. The van der Waals surface area contributed by atoms with Crippen LogP contribution in [0.5, 0.6) is 0 Å². The Morgan fingerprint density at radius 2 is 1.46 bits per heavy atom. The minimum atomic E-state index is -0.667. The van der Waals surface area contributed by atoms with Gasteiger partial charge in [0.25, 0.3) is 0 Å². The summed E-state index contributed by atoms with van der Waals surface area (Å²) in [5.41, 5.74) is 0. The van der Waals surface area contributed by atoms with Gasteiger partial charge in [-0.2, -0.15) is 10.5 Å². The van der Waals surface area contributed by atoms with Gasteiger partial charge in [0.05, 0.1) is 37.4 Å². The molecule has 0 bridgehead atoms. The van der Waals surface area contributed by atoms with Crippen LogP contribution in [0.1, 0.15) is 53.4 Å². The van der Waals surface area contributed by atoms with Crippen molar-refractivity contribution < 1.29 is 33.4 Å². The van der Waals surface area contributed by atoms with Gasteiger partial charge in [0.15, 0.2) is 0 Å². The highest BCUT2D eigenvalue weighted by atomic mass is 16.6. The van der Waals surface area contributed by atoms with Crippen LogP contribution in [0.25, 0.3) is 0 Å². The molecule has 2 unspecified atom stereocenters. The van der Waals surface area contributed by atoms with Crippen molar-refractivity contribution in [2.75, 3.05) is 39.5 Å². The molecule has 0 saturated heterocycles. The van der Waals surface area contributed by atoms with Crippen molar-refractivity contribution in [1.82, 2.24) is 10.2 Å². The number of esters is 2. The van der Waals surface area contributed by atoms with Crippen LogP contribution in [-0.2, 0) is 28.6 Å². The molecule has 0 aliphatic carbocycles. The maximum absolute atomic E-state index is 11.8. The van der Waals surface area contributed by atoms with Crippen molar-refractivity contribution in [1.29, 1.82) is 10.5 Å². The molecular formula is C24H38N4O7. The standard InChI is InChI=1S/C13H21NO6.C11H17N3O/c1-4-10(3)12(16)19-8-9-20-13(17)14-6-7-18-11(15)5-2;1-3-10(2)11(15)14(8-4-6-12)9-5-7-13/h5,10H,2,4,6-9H2,1,3H3,(H,14,17);10H,3-5,8-9H2,1-2H3. The van der Waals surface area contributed by atoms with E-state index in [0.29, 0.717) is 32.4 Å². The smallest absolute Gasteiger partial charge is 0.407 e. The highest BCUT2D eigenvalue weighted by Crippen LogP contribution is 2.07. The second kappa shape index (κ2) is 22.2. The summed E-state index contributed by atoms with van der Waals surface area (Å²) < 4.78 is 14.3. The van der Waals surface area contributed by atoms with Crippen LogP contribution in [0.2, 0.25) is 0 Å². The lowest BCUT2D eigenvalue weighted by Gasteiger charge is -2.23. The van der Waals surface area contributed by atoms with Crippen molar-refractivity contribution in [2.24, 2.45) is 11.8 Å². The molecule has 0 radical (unpaired) electrons. The van der Waals surface area contributed by atoms with Crippen LogP contribution in [0.15, 0.2) is 12.7 Å². The van der Waals surface area contributed by atoms with Gasteiger partial charge in [-0.25, -0.2) is 9.59 Å². The highest BCUT2D eigenvalue weighted by Gasteiger charge is 2.18. The predicted octanol–water partition coefficient (Wildman–Crippen LogP) is 2.72. The minimum Gasteiger partial charge on any atom is -0.462 e. The van der Waals surface area contributed by atoms with E-state index in [2.05, 4.69) is 16.6 Å². The van der Waals surface area contributed by atoms with E-state index in [1.807, 2.05) is 32.9 Å². The summed E-state index contributed by atoms with van der Waals surface area (Å²) in [5, 5.41) is 19.3. The Labute approximate surface area is 208 Å². The SMILES string of the molecule is C=CC(=O)OCCNC(=O)OCCOC(=O)C(C)CC.CCC(C)C(=O)N(CCC#N)CCC#N. The average Bonchev–Trinajstić information content (AvgIpc) is 2.87. The summed E-state index contributed by atoms with van der Waals surface area (Å²) in [5.74, 6) is -1.02. The zero-order valence-electron chi connectivity index (χ0n) is 21.2. The Morgan fingerprint density at radius 3 is 1.94 bits per heavy atom. The molecule has 2 atom stereocenters. The molecule has 11 heteroatoms. The normalized spacial score (nSPS) is 11.1. The Hall–Kier alpha value is -3.60. The summed E-state index contributed by atoms with van der Waals surface area (Å²) in [6.07, 6.45) is 2.50. The molecule has 0 aliphatic rings. The number of hydrogen-bond acceptors (Lipinski definition) is 9.